The fourth-order valence-corrected chi connectivity index (χ4v) is 1.71. The first-order valence-electron chi connectivity index (χ1n) is 5.80. The lowest BCUT2D eigenvalue weighted by Gasteiger charge is -2.19. The highest BCUT2D eigenvalue weighted by atomic mass is 16.5. The molecule has 0 heterocycles. The molecule has 3 N–H and O–H groups in total. The maximum absolute atomic E-state index is 5.58. The third kappa shape index (κ3) is 3.59. The van der Waals surface area contributed by atoms with E-state index in [1.54, 1.807) is 0 Å². The van der Waals surface area contributed by atoms with E-state index in [-0.39, 0.29) is 6.04 Å². The molecule has 1 aromatic rings. The van der Waals surface area contributed by atoms with Crippen molar-refractivity contribution in [3.8, 4) is 0 Å². The molecule has 1 aromatic carbocycles. The first kappa shape index (κ1) is 13.2. The molecule has 90 valence electrons. The Balaban J connectivity index is 2.73. The predicted molar refractivity (Wildman–Crippen MR) is 67.1 cm³/mol. The van der Waals surface area contributed by atoms with Crippen LogP contribution in [0.3, 0.4) is 0 Å². The molecule has 3 nitrogen and oxygen atoms in total. The molecule has 0 aliphatic carbocycles. The van der Waals surface area contributed by atoms with E-state index < -0.39 is 0 Å². The van der Waals surface area contributed by atoms with Gasteiger partial charge in [0.05, 0.1) is 12.6 Å². The van der Waals surface area contributed by atoms with Gasteiger partial charge in [0, 0.05) is 6.61 Å². The number of hydrazine groups is 1. The summed E-state index contributed by atoms with van der Waals surface area (Å²) in [5, 5.41) is 0. The van der Waals surface area contributed by atoms with Crippen molar-refractivity contribution in [2.45, 2.75) is 33.2 Å². The second-order valence-electron chi connectivity index (χ2n) is 4.15. The van der Waals surface area contributed by atoms with E-state index >= 15 is 0 Å². The van der Waals surface area contributed by atoms with E-state index in [1.165, 1.54) is 16.7 Å². The van der Waals surface area contributed by atoms with E-state index in [0.717, 1.165) is 13.0 Å². The summed E-state index contributed by atoms with van der Waals surface area (Å²) in [7, 11) is 0. The second kappa shape index (κ2) is 6.63. The number of hydrogen-bond acceptors (Lipinski definition) is 3. The van der Waals surface area contributed by atoms with E-state index in [9.17, 15) is 0 Å². The minimum atomic E-state index is 0.0754. The minimum absolute atomic E-state index is 0.0754. The Morgan fingerprint density at radius 1 is 1.38 bits per heavy atom. The van der Waals surface area contributed by atoms with Gasteiger partial charge < -0.3 is 4.74 Å². The summed E-state index contributed by atoms with van der Waals surface area (Å²) in [6.07, 6.45) is 1.03. The number of ether oxygens (including phenoxy) is 1. The largest absolute Gasteiger partial charge is 0.379 e. The van der Waals surface area contributed by atoms with Gasteiger partial charge in [0.2, 0.25) is 0 Å². The Hall–Kier alpha value is -0.900. The maximum Gasteiger partial charge on any atom is 0.0696 e. The van der Waals surface area contributed by atoms with Gasteiger partial charge in [0.15, 0.2) is 0 Å². The summed E-state index contributed by atoms with van der Waals surface area (Å²) in [6, 6.07) is 6.47. The van der Waals surface area contributed by atoms with Crippen LogP contribution in [0.5, 0.6) is 0 Å². The second-order valence-corrected chi connectivity index (χ2v) is 4.15. The van der Waals surface area contributed by atoms with Crippen LogP contribution in [0.1, 0.15) is 36.1 Å². The van der Waals surface area contributed by atoms with Crippen LogP contribution in [0.15, 0.2) is 18.2 Å². The molecule has 0 amide bonds. The summed E-state index contributed by atoms with van der Waals surface area (Å²) in [4.78, 5) is 0. The van der Waals surface area contributed by atoms with Crippen molar-refractivity contribution in [3.05, 3.63) is 34.9 Å². The van der Waals surface area contributed by atoms with Crippen LogP contribution in [0.25, 0.3) is 0 Å². The lowest BCUT2D eigenvalue weighted by molar-refractivity contribution is 0.112. The Kier molecular flexibility index (Phi) is 5.46. The average Bonchev–Trinajstić information content (AvgIpc) is 2.28. The molecule has 1 rings (SSSR count). The molecule has 0 aliphatic heterocycles. The zero-order chi connectivity index (χ0) is 12.0. The number of nitrogens with two attached hydrogens (primary N) is 1. The van der Waals surface area contributed by atoms with Gasteiger partial charge in [-0.1, -0.05) is 30.7 Å². The molecule has 0 saturated heterocycles. The highest BCUT2D eigenvalue weighted by molar-refractivity contribution is 5.32. The van der Waals surface area contributed by atoms with Crippen molar-refractivity contribution < 1.29 is 4.74 Å². The van der Waals surface area contributed by atoms with Crippen LogP contribution in [0.2, 0.25) is 0 Å². The van der Waals surface area contributed by atoms with Crippen LogP contribution in [0.4, 0.5) is 0 Å². The summed E-state index contributed by atoms with van der Waals surface area (Å²) >= 11 is 0. The first-order chi connectivity index (χ1) is 7.69. The fraction of sp³-hybridized carbons (Fsp3) is 0.538. The third-order valence-electron chi connectivity index (χ3n) is 2.64. The molecular formula is C13H22N2O. The number of benzene rings is 1. The van der Waals surface area contributed by atoms with Crippen molar-refractivity contribution in [3.63, 3.8) is 0 Å². The molecule has 1 atom stereocenters. The van der Waals surface area contributed by atoms with E-state index in [1.807, 2.05) is 0 Å². The van der Waals surface area contributed by atoms with Gasteiger partial charge >= 0.3 is 0 Å². The van der Waals surface area contributed by atoms with Crippen LogP contribution in [-0.2, 0) is 4.74 Å². The molecule has 0 spiro atoms. The van der Waals surface area contributed by atoms with E-state index in [0.29, 0.717) is 6.61 Å². The molecule has 16 heavy (non-hydrogen) atoms. The molecule has 0 radical (unpaired) electrons. The Morgan fingerprint density at radius 2 is 2.12 bits per heavy atom. The van der Waals surface area contributed by atoms with Crippen LogP contribution >= 0.6 is 0 Å². The van der Waals surface area contributed by atoms with Crippen LogP contribution in [-0.4, -0.2) is 13.2 Å². The summed E-state index contributed by atoms with van der Waals surface area (Å²) in [5.41, 5.74) is 6.53. The van der Waals surface area contributed by atoms with Gasteiger partial charge in [0.25, 0.3) is 0 Å². The molecule has 0 aliphatic rings. The summed E-state index contributed by atoms with van der Waals surface area (Å²) in [6.45, 7) is 7.68. The van der Waals surface area contributed by atoms with E-state index in [4.69, 9.17) is 10.6 Å². The normalized spacial score (nSPS) is 12.8. The maximum atomic E-state index is 5.58. The zero-order valence-electron chi connectivity index (χ0n) is 10.4. The Morgan fingerprint density at radius 3 is 2.75 bits per heavy atom. The van der Waals surface area contributed by atoms with Crippen molar-refractivity contribution in [1.82, 2.24) is 5.43 Å². The monoisotopic (exact) mass is 222 g/mol. The van der Waals surface area contributed by atoms with E-state index in [2.05, 4.69) is 44.4 Å². The first-order valence-corrected chi connectivity index (χ1v) is 5.80. The number of aryl methyl sites for hydroxylation is 2. The molecule has 0 bridgehead atoms. The highest BCUT2D eigenvalue weighted by Crippen LogP contribution is 2.19. The Bertz CT molecular complexity index is 326. The number of rotatable bonds is 6. The van der Waals surface area contributed by atoms with Gasteiger partial charge in [-0.25, -0.2) is 0 Å². The van der Waals surface area contributed by atoms with Gasteiger partial charge in [-0.15, -0.1) is 0 Å². The van der Waals surface area contributed by atoms with Crippen molar-refractivity contribution in [2.75, 3.05) is 13.2 Å². The fourth-order valence-electron chi connectivity index (χ4n) is 1.71. The molecular weight excluding hydrogens is 200 g/mol. The average molecular weight is 222 g/mol. The molecule has 0 saturated carbocycles. The van der Waals surface area contributed by atoms with Gasteiger partial charge in [-0.2, -0.15) is 0 Å². The predicted octanol–water partition coefficient (Wildman–Crippen LogP) is 2.23. The standard InChI is InChI=1S/C13H22N2O/c1-4-7-16-9-13(15-14)12-8-10(2)5-6-11(12)3/h5-6,8,13,15H,4,7,9,14H2,1-3H3. The minimum Gasteiger partial charge on any atom is -0.379 e. The molecule has 3 heteroatoms. The van der Waals surface area contributed by atoms with Crippen molar-refractivity contribution in [2.24, 2.45) is 5.84 Å². The smallest absolute Gasteiger partial charge is 0.0696 e. The highest BCUT2D eigenvalue weighted by Gasteiger charge is 2.12. The third-order valence-corrected chi connectivity index (χ3v) is 2.64. The number of hydrogen-bond donors (Lipinski definition) is 2. The molecule has 0 aromatic heterocycles. The number of nitrogens with one attached hydrogen (secondary N) is 1. The van der Waals surface area contributed by atoms with Crippen LogP contribution < -0.4 is 11.3 Å². The lowest BCUT2D eigenvalue weighted by Crippen LogP contribution is -2.32. The van der Waals surface area contributed by atoms with Crippen molar-refractivity contribution in [1.29, 1.82) is 0 Å². The molecule has 1 unspecified atom stereocenters. The summed E-state index contributed by atoms with van der Waals surface area (Å²) in [5.74, 6) is 5.58. The lowest BCUT2D eigenvalue weighted by atomic mass is 10.00. The zero-order valence-corrected chi connectivity index (χ0v) is 10.4. The summed E-state index contributed by atoms with van der Waals surface area (Å²) < 4.78 is 5.54. The van der Waals surface area contributed by atoms with Gasteiger partial charge in [0.1, 0.15) is 0 Å². The molecule has 0 fully saturated rings. The van der Waals surface area contributed by atoms with Crippen molar-refractivity contribution >= 4 is 0 Å². The van der Waals surface area contributed by atoms with Gasteiger partial charge in [-0.3, -0.25) is 11.3 Å². The Labute approximate surface area is 98.0 Å². The van der Waals surface area contributed by atoms with Gasteiger partial charge in [-0.05, 0) is 31.4 Å². The quantitative estimate of drug-likeness (QED) is 0.441. The SMILES string of the molecule is CCCOCC(NN)c1cc(C)ccc1C. The topological polar surface area (TPSA) is 47.3 Å². The van der Waals surface area contributed by atoms with Crippen LogP contribution in [0, 0.1) is 13.8 Å².